The lowest BCUT2D eigenvalue weighted by Crippen LogP contribution is -2.38. The summed E-state index contributed by atoms with van der Waals surface area (Å²) in [5.41, 5.74) is -2.02. The third-order valence-corrected chi connectivity index (χ3v) is 3.05. The Morgan fingerprint density at radius 2 is 2.44 bits per heavy atom. The van der Waals surface area contributed by atoms with Crippen LogP contribution < -0.4 is 11.2 Å². The van der Waals surface area contributed by atoms with Crippen LogP contribution >= 0.6 is 0 Å². The zero-order chi connectivity index (χ0) is 13.2. The van der Waals surface area contributed by atoms with Crippen LogP contribution in [0.25, 0.3) is 0 Å². The van der Waals surface area contributed by atoms with Gasteiger partial charge in [-0.1, -0.05) is 0 Å². The van der Waals surface area contributed by atoms with E-state index < -0.39 is 29.8 Å². The van der Waals surface area contributed by atoms with Crippen molar-refractivity contribution in [1.29, 1.82) is 0 Å². The van der Waals surface area contributed by atoms with E-state index in [1.165, 1.54) is 23.9 Å². The van der Waals surface area contributed by atoms with Gasteiger partial charge >= 0.3 is 5.69 Å². The smallest absolute Gasteiger partial charge is 0.330 e. The van der Waals surface area contributed by atoms with Crippen molar-refractivity contribution < 1.29 is 13.9 Å². The molecule has 0 aromatic carbocycles. The van der Waals surface area contributed by atoms with Crippen molar-refractivity contribution >= 4 is 0 Å². The molecule has 1 aliphatic rings. The first-order valence-electron chi connectivity index (χ1n) is 5.64. The van der Waals surface area contributed by atoms with Gasteiger partial charge in [-0.05, 0) is 12.8 Å². The standard InChI is InChI=1S/C11H15FN2O4/c1-17-7-11(6-12)4-2-9(18-11)14-5-3-8(15)13-10(14)16/h3,5,9H,2,4,6-7H2,1H3,(H,13,15,16)/t9-,11?/m1/s1. The number of hydrogen-bond donors (Lipinski definition) is 1. The lowest BCUT2D eigenvalue weighted by atomic mass is 10.0. The number of methoxy groups -OCH3 is 1. The third-order valence-electron chi connectivity index (χ3n) is 3.05. The third kappa shape index (κ3) is 2.37. The topological polar surface area (TPSA) is 73.3 Å². The zero-order valence-electron chi connectivity index (χ0n) is 10.0. The first-order chi connectivity index (χ1) is 8.60. The molecule has 6 nitrogen and oxygen atoms in total. The fourth-order valence-corrected chi connectivity index (χ4v) is 2.15. The Bertz CT molecular complexity index is 526. The van der Waals surface area contributed by atoms with E-state index in [1.54, 1.807) is 0 Å². The van der Waals surface area contributed by atoms with Gasteiger partial charge in [0.2, 0.25) is 0 Å². The van der Waals surface area contributed by atoms with Crippen LogP contribution in [0.15, 0.2) is 21.9 Å². The lowest BCUT2D eigenvalue weighted by molar-refractivity contribution is -0.116. The van der Waals surface area contributed by atoms with E-state index in [4.69, 9.17) is 9.47 Å². The Hall–Kier alpha value is -1.47. The number of hydrogen-bond acceptors (Lipinski definition) is 4. The summed E-state index contributed by atoms with van der Waals surface area (Å²) in [7, 11) is 1.47. The largest absolute Gasteiger partial charge is 0.382 e. The zero-order valence-corrected chi connectivity index (χ0v) is 10.0. The second kappa shape index (κ2) is 5.03. The maximum Gasteiger partial charge on any atom is 0.330 e. The number of ether oxygens (including phenoxy) is 2. The summed E-state index contributed by atoms with van der Waals surface area (Å²) in [5.74, 6) is 0. The summed E-state index contributed by atoms with van der Waals surface area (Å²) < 4.78 is 24.8. The number of aromatic amines is 1. The van der Waals surface area contributed by atoms with E-state index in [9.17, 15) is 14.0 Å². The van der Waals surface area contributed by atoms with Gasteiger partial charge in [-0.2, -0.15) is 0 Å². The van der Waals surface area contributed by atoms with Crippen LogP contribution in [-0.2, 0) is 9.47 Å². The monoisotopic (exact) mass is 258 g/mol. The minimum Gasteiger partial charge on any atom is -0.382 e. The highest BCUT2D eigenvalue weighted by Crippen LogP contribution is 2.36. The highest BCUT2D eigenvalue weighted by atomic mass is 19.1. The molecule has 0 bridgehead atoms. The number of aromatic nitrogens is 2. The predicted octanol–water partition coefficient (Wildman–Crippen LogP) is 0.200. The van der Waals surface area contributed by atoms with Crippen LogP contribution in [0.2, 0.25) is 0 Å². The van der Waals surface area contributed by atoms with Gasteiger partial charge < -0.3 is 9.47 Å². The van der Waals surface area contributed by atoms with Gasteiger partial charge in [-0.25, -0.2) is 9.18 Å². The van der Waals surface area contributed by atoms with Gasteiger partial charge in [0, 0.05) is 19.4 Å². The van der Waals surface area contributed by atoms with Crippen molar-refractivity contribution in [3.63, 3.8) is 0 Å². The highest BCUT2D eigenvalue weighted by molar-refractivity contribution is 4.91. The number of alkyl halides is 1. The number of nitrogens with zero attached hydrogens (tertiary/aromatic N) is 1. The molecule has 1 aromatic rings. The molecule has 100 valence electrons. The summed E-state index contributed by atoms with van der Waals surface area (Å²) in [6.07, 6.45) is 1.75. The summed E-state index contributed by atoms with van der Waals surface area (Å²) in [6.45, 7) is -0.534. The molecule has 1 aromatic heterocycles. The average Bonchev–Trinajstić information content (AvgIpc) is 2.74. The molecular weight excluding hydrogens is 243 g/mol. The number of halogens is 1. The second-order valence-electron chi connectivity index (χ2n) is 4.38. The van der Waals surface area contributed by atoms with Crippen LogP contribution in [0.3, 0.4) is 0 Å². The minimum absolute atomic E-state index is 0.137. The molecule has 2 atom stereocenters. The van der Waals surface area contributed by atoms with Gasteiger partial charge in [-0.15, -0.1) is 0 Å². The summed E-state index contributed by atoms with van der Waals surface area (Å²) in [6, 6.07) is 1.23. The Labute approximate surface area is 102 Å². The van der Waals surface area contributed by atoms with Crippen LogP contribution in [0.5, 0.6) is 0 Å². The molecule has 0 saturated carbocycles. The molecule has 1 N–H and O–H groups in total. The van der Waals surface area contributed by atoms with E-state index in [0.717, 1.165) is 0 Å². The minimum atomic E-state index is -0.991. The summed E-state index contributed by atoms with van der Waals surface area (Å²) in [4.78, 5) is 24.7. The Balaban J connectivity index is 2.22. The van der Waals surface area contributed by atoms with E-state index in [0.29, 0.717) is 12.8 Å². The molecule has 0 amide bonds. The highest BCUT2D eigenvalue weighted by Gasteiger charge is 2.41. The van der Waals surface area contributed by atoms with E-state index in [-0.39, 0.29) is 6.61 Å². The number of nitrogens with one attached hydrogen (secondary N) is 1. The average molecular weight is 258 g/mol. The summed E-state index contributed by atoms with van der Waals surface area (Å²) in [5, 5.41) is 0. The van der Waals surface area contributed by atoms with Gasteiger partial charge in [0.05, 0.1) is 6.61 Å². The molecule has 18 heavy (non-hydrogen) atoms. The van der Waals surface area contributed by atoms with Crippen molar-refractivity contribution in [3.8, 4) is 0 Å². The number of H-pyrrole nitrogens is 1. The molecule has 0 aliphatic carbocycles. The SMILES string of the molecule is COCC1(CF)CC[C@H](n2ccc(=O)[nH]c2=O)O1. The van der Waals surface area contributed by atoms with Crippen LogP contribution in [-0.4, -0.2) is 35.5 Å². The summed E-state index contributed by atoms with van der Waals surface area (Å²) >= 11 is 0. The van der Waals surface area contributed by atoms with Gasteiger partial charge in [0.15, 0.2) is 0 Å². The first kappa shape index (κ1) is 13.0. The Kier molecular flexibility index (Phi) is 3.63. The van der Waals surface area contributed by atoms with E-state index in [2.05, 4.69) is 4.98 Å². The van der Waals surface area contributed by atoms with Crippen molar-refractivity contribution in [2.24, 2.45) is 0 Å². The normalized spacial score (nSPS) is 27.6. The Morgan fingerprint density at radius 3 is 3.06 bits per heavy atom. The predicted molar refractivity (Wildman–Crippen MR) is 61.3 cm³/mol. The second-order valence-corrected chi connectivity index (χ2v) is 4.38. The number of rotatable bonds is 4. The van der Waals surface area contributed by atoms with Crippen LogP contribution in [0, 0.1) is 0 Å². The van der Waals surface area contributed by atoms with Gasteiger partial charge in [0.1, 0.15) is 18.5 Å². The first-order valence-corrected chi connectivity index (χ1v) is 5.64. The molecule has 1 saturated heterocycles. The lowest BCUT2D eigenvalue weighted by Gasteiger charge is -2.25. The molecular formula is C11H15FN2O4. The van der Waals surface area contributed by atoms with Crippen LogP contribution in [0.1, 0.15) is 19.1 Å². The van der Waals surface area contributed by atoms with Crippen molar-refractivity contribution in [2.45, 2.75) is 24.7 Å². The molecule has 0 radical (unpaired) electrons. The molecule has 1 aliphatic heterocycles. The quantitative estimate of drug-likeness (QED) is 0.837. The molecule has 2 rings (SSSR count). The molecule has 7 heteroatoms. The molecule has 1 unspecified atom stereocenters. The van der Waals surface area contributed by atoms with Crippen molar-refractivity contribution in [2.75, 3.05) is 20.4 Å². The molecule has 2 heterocycles. The fraction of sp³-hybridized carbons (Fsp3) is 0.636. The molecule has 1 fully saturated rings. The fourth-order valence-electron chi connectivity index (χ4n) is 2.15. The Morgan fingerprint density at radius 1 is 1.67 bits per heavy atom. The van der Waals surface area contributed by atoms with Crippen LogP contribution in [0.4, 0.5) is 4.39 Å². The van der Waals surface area contributed by atoms with E-state index >= 15 is 0 Å². The van der Waals surface area contributed by atoms with E-state index in [1.807, 2.05) is 0 Å². The maximum absolute atomic E-state index is 13.0. The van der Waals surface area contributed by atoms with Gasteiger partial charge in [-0.3, -0.25) is 14.3 Å². The molecule has 0 spiro atoms. The van der Waals surface area contributed by atoms with Gasteiger partial charge in [0.25, 0.3) is 5.56 Å². The van der Waals surface area contributed by atoms with Crippen molar-refractivity contribution in [3.05, 3.63) is 33.1 Å². The van der Waals surface area contributed by atoms with Crippen molar-refractivity contribution in [1.82, 2.24) is 9.55 Å². The maximum atomic E-state index is 13.0.